The normalized spacial score (nSPS) is 23.1. The lowest BCUT2D eigenvalue weighted by Gasteiger charge is -2.26. The summed E-state index contributed by atoms with van der Waals surface area (Å²) in [7, 11) is 0. The fourth-order valence-corrected chi connectivity index (χ4v) is 2.65. The average molecular weight is 262 g/mol. The van der Waals surface area contributed by atoms with E-state index in [-0.39, 0.29) is 18.4 Å². The number of carbonyl (C=O) groups excluding carboxylic acids is 1. The summed E-state index contributed by atoms with van der Waals surface area (Å²) in [6, 6.07) is 7.33. The number of anilines is 1. The molecule has 0 unspecified atom stereocenters. The molecule has 1 amide bonds. The molecule has 0 bridgehead atoms. The van der Waals surface area contributed by atoms with Gasteiger partial charge in [0.1, 0.15) is 0 Å². The van der Waals surface area contributed by atoms with Gasteiger partial charge in [-0.2, -0.15) is 0 Å². The van der Waals surface area contributed by atoms with Crippen molar-refractivity contribution in [1.82, 2.24) is 0 Å². The second kappa shape index (κ2) is 6.68. The van der Waals surface area contributed by atoms with Crippen molar-refractivity contribution in [2.45, 2.75) is 32.3 Å². The number of nitrogens with two attached hydrogens (primary N) is 1. The predicted octanol–water partition coefficient (Wildman–Crippen LogP) is 1.88. The first-order valence-electron chi connectivity index (χ1n) is 6.93. The van der Waals surface area contributed by atoms with Crippen molar-refractivity contribution in [3.05, 3.63) is 29.8 Å². The zero-order valence-electron chi connectivity index (χ0n) is 11.1. The van der Waals surface area contributed by atoms with Gasteiger partial charge >= 0.3 is 0 Å². The summed E-state index contributed by atoms with van der Waals surface area (Å²) in [5, 5.41) is 12.0. The van der Waals surface area contributed by atoms with Crippen LogP contribution in [-0.2, 0) is 11.4 Å². The van der Waals surface area contributed by atoms with Gasteiger partial charge in [-0.15, -0.1) is 0 Å². The van der Waals surface area contributed by atoms with E-state index in [9.17, 15) is 4.79 Å². The molecule has 19 heavy (non-hydrogen) atoms. The van der Waals surface area contributed by atoms with Gasteiger partial charge in [0.15, 0.2) is 0 Å². The van der Waals surface area contributed by atoms with Crippen LogP contribution in [0.25, 0.3) is 0 Å². The maximum absolute atomic E-state index is 12.2. The molecular formula is C15H22N2O2. The lowest BCUT2D eigenvalue weighted by atomic mass is 9.81. The van der Waals surface area contributed by atoms with Crippen LogP contribution in [0.2, 0.25) is 0 Å². The van der Waals surface area contributed by atoms with Gasteiger partial charge in [-0.25, -0.2) is 0 Å². The van der Waals surface area contributed by atoms with E-state index in [0.717, 1.165) is 43.5 Å². The van der Waals surface area contributed by atoms with E-state index in [1.54, 1.807) is 0 Å². The van der Waals surface area contributed by atoms with Crippen LogP contribution in [0.3, 0.4) is 0 Å². The minimum absolute atomic E-state index is 0.00861. The third-order valence-corrected chi connectivity index (χ3v) is 3.93. The Morgan fingerprint density at radius 2 is 2.05 bits per heavy atom. The van der Waals surface area contributed by atoms with Gasteiger partial charge in [-0.05, 0) is 55.8 Å². The summed E-state index contributed by atoms with van der Waals surface area (Å²) in [4.78, 5) is 12.2. The highest BCUT2D eigenvalue weighted by Gasteiger charge is 2.25. The molecule has 0 heterocycles. The molecule has 4 heteroatoms. The Hall–Kier alpha value is -1.39. The second-order valence-electron chi connectivity index (χ2n) is 5.30. The summed E-state index contributed by atoms with van der Waals surface area (Å²) in [6.07, 6.45) is 3.94. The monoisotopic (exact) mass is 262 g/mol. The van der Waals surface area contributed by atoms with Crippen LogP contribution in [0.5, 0.6) is 0 Å². The predicted molar refractivity (Wildman–Crippen MR) is 75.5 cm³/mol. The molecule has 0 atom stereocenters. The molecule has 4 nitrogen and oxygen atoms in total. The van der Waals surface area contributed by atoms with Gasteiger partial charge < -0.3 is 16.2 Å². The number of carbonyl (C=O) groups is 1. The van der Waals surface area contributed by atoms with Crippen molar-refractivity contribution in [3.8, 4) is 0 Å². The Bertz CT molecular complexity index is 426. The summed E-state index contributed by atoms with van der Waals surface area (Å²) >= 11 is 0. The number of amides is 1. The highest BCUT2D eigenvalue weighted by atomic mass is 16.3. The van der Waals surface area contributed by atoms with Crippen LogP contribution in [0.4, 0.5) is 5.69 Å². The smallest absolute Gasteiger partial charge is 0.227 e. The zero-order chi connectivity index (χ0) is 13.7. The Kier molecular flexibility index (Phi) is 4.93. The molecular weight excluding hydrogens is 240 g/mol. The highest BCUT2D eigenvalue weighted by molar-refractivity contribution is 5.92. The molecule has 1 aromatic carbocycles. The lowest BCUT2D eigenvalue weighted by Crippen LogP contribution is -2.29. The molecule has 0 saturated heterocycles. The summed E-state index contributed by atoms with van der Waals surface area (Å²) in [5.74, 6) is 0.771. The molecule has 0 spiro atoms. The number of hydrogen-bond acceptors (Lipinski definition) is 3. The highest BCUT2D eigenvalue weighted by Crippen LogP contribution is 2.29. The SMILES string of the molecule is NCC1CCC(C(=O)Nc2cccc(CO)c2)CC1. The quantitative estimate of drug-likeness (QED) is 0.775. The van der Waals surface area contributed by atoms with Gasteiger partial charge in [0.05, 0.1) is 6.61 Å². The largest absolute Gasteiger partial charge is 0.392 e. The van der Waals surface area contributed by atoms with Crippen LogP contribution in [-0.4, -0.2) is 17.6 Å². The lowest BCUT2D eigenvalue weighted by molar-refractivity contribution is -0.121. The molecule has 0 aliphatic heterocycles. The Morgan fingerprint density at radius 3 is 2.68 bits per heavy atom. The van der Waals surface area contributed by atoms with E-state index in [1.165, 1.54) is 0 Å². The fraction of sp³-hybridized carbons (Fsp3) is 0.533. The first-order valence-corrected chi connectivity index (χ1v) is 6.93. The van der Waals surface area contributed by atoms with Crippen LogP contribution < -0.4 is 11.1 Å². The van der Waals surface area contributed by atoms with E-state index in [4.69, 9.17) is 10.8 Å². The van der Waals surface area contributed by atoms with Crippen molar-refractivity contribution >= 4 is 11.6 Å². The van der Waals surface area contributed by atoms with Crippen molar-refractivity contribution < 1.29 is 9.90 Å². The third kappa shape index (κ3) is 3.78. The van der Waals surface area contributed by atoms with Crippen molar-refractivity contribution in [1.29, 1.82) is 0 Å². The average Bonchev–Trinajstić information content (AvgIpc) is 2.47. The standard InChI is InChI=1S/C15H22N2O2/c16-9-11-4-6-13(7-5-11)15(19)17-14-3-1-2-12(8-14)10-18/h1-3,8,11,13,18H,4-7,9-10,16H2,(H,17,19). The third-order valence-electron chi connectivity index (χ3n) is 3.93. The van der Waals surface area contributed by atoms with Crippen LogP contribution in [0.1, 0.15) is 31.2 Å². The molecule has 2 rings (SSSR count). The van der Waals surface area contributed by atoms with Crippen LogP contribution in [0, 0.1) is 11.8 Å². The summed E-state index contributed by atoms with van der Waals surface area (Å²) in [5.41, 5.74) is 7.23. The van der Waals surface area contributed by atoms with Crippen molar-refractivity contribution in [2.24, 2.45) is 17.6 Å². The van der Waals surface area contributed by atoms with Crippen LogP contribution >= 0.6 is 0 Å². The first kappa shape index (κ1) is 14.0. The van der Waals surface area contributed by atoms with Crippen LogP contribution in [0.15, 0.2) is 24.3 Å². The molecule has 1 aromatic rings. The van der Waals surface area contributed by atoms with Gasteiger partial charge in [0.25, 0.3) is 0 Å². The topological polar surface area (TPSA) is 75.4 Å². The number of aliphatic hydroxyl groups excluding tert-OH is 1. The first-order chi connectivity index (χ1) is 9.22. The molecule has 104 valence electrons. The number of benzene rings is 1. The van der Waals surface area contributed by atoms with Crippen molar-refractivity contribution in [2.75, 3.05) is 11.9 Å². The molecule has 1 aliphatic rings. The zero-order valence-corrected chi connectivity index (χ0v) is 11.1. The maximum atomic E-state index is 12.2. The number of rotatable bonds is 4. The van der Waals surface area contributed by atoms with Crippen molar-refractivity contribution in [3.63, 3.8) is 0 Å². The number of hydrogen-bond donors (Lipinski definition) is 3. The summed E-state index contributed by atoms with van der Waals surface area (Å²) in [6.45, 7) is 0.720. The van der Waals surface area contributed by atoms with E-state index in [1.807, 2.05) is 24.3 Å². The Morgan fingerprint density at radius 1 is 1.32 bits per heavy atom. The van der Waals surface area contributed by atoms with Gasteiger partial charge in [0.2, 0.25) is 5.91 Å². The van der Waals surface area contributed by atoms with E-state index >= 15 is 0 Å². The molecule has 1 saturated carbocycles. The Labute approximate surface area is 114 Å². The molecule has 4 N–H and O–H groups in total. The molecule has 1 aliphatic carbocycles. The number of nitrogens with one attached hydrogen (secondary N) is 1. The van der Waals surface area contributed by atoms with E-state index in [0.29, 0.717) is 5.92 Å². The van der Waals surface area contributed by atoms with E-state index in [2.05, 4.69) is 5.32 Å². The number of aliphatic hydroxyl groups is 1. The molecule has 0 aromatic heterocycles. The maximum Gasteiger partial charge on any atom is 0.227 e. The molecule has 0 radical (unpaired) electrons. The molecule has 1 fully saturated rings. The van der Waals surface area contributed by atoms with Gasteiger partial charge in [0, 0.05) is 11.6 Å². The second-order valence-corrected chi connectivity index (χ2v) is 5.30. The van der Waals surface area contributed by atoms with Gasteiger partial charge in [-0.3, -0.25) is 4.79 Å². The van der Waals surface area contributed by atoms with Gasteiger partial charge in [-0.1, -0.05) is 12.1 Å². The summed E-state index contributed by atoms with van der Waals surface area (Å²) < 4.78 is 0. The van der Waals surface area contributed by atoms with E-state index < -0.39 is 0 Å². The Balaban J connectivity index is 1.90. The minimum atomic E-state index is -0.00861. The minimum Gasteiger partial charge on any atom is -0.392 e. The fourth-order valence-electron chi connectivity index (χ4n) is 2.65.